The summed E-state index contributed by atoms with van der Waals surface area (Å²) in [5.41, 5.74) is 3.86. The van der Waals surface area contributed by atoms with E-state index in [4.69, 9.17) is 0 Å². The Hall–Kier alpha value is -2.36. The first-order valence-electron chi connectivity index (χ1n) is 11.5. The van der Waals surface area contributed by atoms with Crippen LogP contribution in [0.25, 0.3) is 0 Å². The Morgan fingerprint density at radius 1 is 1.15 bits per heavy atom. The maximum atomic E-state index is 15.2. The van der Waals surface area contributed by atoms with Crippen molar-refractivity contribution in [3.8, 4) is 0 Å². The van der Waals surface area contributed by atoms with Crippen molar-refractivity contribution in [2.24, 2.45) is 0 Å². The van der Waals surface area contributed by atoms with Crippen LogP contribution >= 0.6 is 11.3 Å². The summed E-state index contributed by atoms with van der Waals surface area (Å²) in [6, 6.07) is 6.45. The number of fused-ring (bicyclic) bond motifs is 1. The van der Waals surface area contributed by atoms with Gasteiger partial charge < -0.3 is 10.6 Å². The van der Waals surface area contributed by atoms with E-state index >= 15 is 8.78 Å². The lowest BCUT2D eigenvalue weighted by molar-refractivity contribution is -0.133. The van der Waals surface area contributed by atoms with Gasteiger partial charge in [-0.15, -0.1) is 11.3 Å². The second-order valence-corrected chi connectivity index (χ2v) is 10.1. The molecule has 9 heteroatoms. The molecule has 2 fully saturated rings. The molecule has 5 rings (SSSR count). The topological polar surface area (TPSA) is 73.5 Å². The molecule has 2 saturated heterocycles. The highest BCUT2D eigenvalue weighted by atomic mass is 32.1. The van der Waals surface area contributed by atoms with Gasteiger partial charge in [-0.3, -0.25) is 19.8 Å². The summed E-state index contributed by atoms with van der Waals surface area (Å²) in [4.78, 5) is 26.4. The van der Waals surface area contributed by atoms with Gasteiger partial charge in [0.2, 0.25) is 11.8 Å². The first-order chi connectivity index (χ1) is 15.9. The zero-order chi connectivity index (χ0) is 23.0. The number of piperidine rings is 2. The van der Waals surface area contributed by atoms with Gasteiger partial charge in [0, 0.05) is 30.1 Å². The van der Waals surface area contributed by atoms with Crippen LogP contribution in [0.4, 0.5) is 14.5 Å². The van der Waals surface area contributed by atoms with Crippen LogP contribution in [0.1, 0.15) is 46.7 Å². The summed E-state index contributed by atoms with van der Waals surface area (Å²) in [6.07, 6.45) is 2.09. The van der Waals surface area contributed by atoms with E-state index in [1.54, 1.807) is 35.6 Å². The van der Waals surface area contributed by atoms with Crippen molar-refractivity contribution in [3.05, 3.63) is 51.2 Å². The molecule has 0 saturated carbocycles. The standard InChI is InChI=1S/C24H28F2N4O2S/c25-24(26)14-30(12-16-13-33-21-11-27-9-7-18(16)21)10-8-19(24)15-1-3-17(4-2-15)28-20-5-6-22(31)29-23(20)32/h1-4,13,19-20,27-28H,5-12,14H2,(H,29,31,32). The minimum Gasteiger partial charge on any atom is -0.374 e. The minimum absolute atomic E-state index is 0.239. The molecule has 0 bridgehead atoms. The van der Waals surface area contributed by atoms with E-state index in [0.29, 0.717) is 37.2 Å². The molecule has 3 N–H and O–H groups in total. The van der Waals surface area contributed by atoms with E-state index < -0.39 is 17.9 Å². The Bertz CT molecular complexity index is 1040. The Morgan fingerprint density at radius 3 is 2.73 bits per heavy atom. The van der Waals surface area contributed by atoms with Gasteiger partial charge in [0.25, 0.3) is 5.92 Å². The van der Waals surface area contributed by atoms with E-state index in [2.05, 4.69) is 21.3 Å². The molecule has 2 unspecified atom stereocenters. The minimum atomic E-state index is -2.81. The Morgan fingerprint density at radius 2 is 1.97 bits per heavy atom. The maximum absolute atomic E-state index is 15.2. The van der Waals surface area contributed by atoms with E-state index in [1.165, 1.54) is 16.0 Å². The van der Waals surface area contributed by atoms with E-state index in [1.807, 2.05) is 4.90 Å². The first kappa shape index (κ1) is 22.4. The van der Waals surface area contributed by atoms with Crippen LogP contribution < -0.4 is 16.0 Å². The zero-order valence-corrected chi connectivity index (χ0v) is 19.1. The van der Waals surface area contributed by atoms with Gasteiger partial charge in [-0.1, -0.05) is 12.1 Å². The monoisotopic (exact) mass is 474 g/mol. The third kappa shape index (κ3) is 4.81. The number of anilines is 1. The number of carbonyl (C=O) groups excluding carboxylic acids is 2. The van der Waals surface area contributed by atoms with Crippen LogP contribution in [0, 0.1) is 0 Å². The Balaban J connectivity index is 1.21. The van der Waals surface area contributed by atoms with Gasteiger partial charge in [-0.2, -0.15) is 0 Å². The average Bonchev–Trinajstić information content (AvgIpc) is 3.19. The predicted molar refractivity (Wildman–Crippen MR) is 124 cm³/mol. The number of nitrogens with zero attached hydrogens (tertiary/aromatic N) is 1. The van der Waals surface area contributed by atoms with Crippen LogP contribution in [0.15, 0.2) is 29.6 Å². The fourth-order valence-corrected chi connectivity index (χ4v) is 6.16. The van der Waals surface area contributed by atoms with Gasteiger partial charge in [0.05, 0.1) is 12.5 Å². The van der Waals surface area contributed by atoms with Crippen LogP contribution in [0.2, 0.25) is 0 Å². The number of likely N-dealkylation sites (tertiary alicyclic amines) is 1. The van der Waals surface area contributed by atoms with Gasteiger partial charge in [0.1, 0.15) is 6.04 Å². The summed E-state index contributed by atoms with van der Waals surface area (Å²) < 4.78 is 30.4. The Labute approximate surface area is 195 Å². The number of benzene rings is 1. The molecule has 4 heterocycles. The Kier molecular flexibility index (Phi) is 6.20. The summed E-state index contributed by atoms with van der Waals surface area (Å²) in [7, 11) is 0. The van der Waals surface area contributed by atoms with E-state index in [-0.39, 0.29) is 24.8 Å². The summed E-state index contributed by atoms with van der Waals surface area (Å²) in [5.74, 6) is -4.25. The molecule has 3 aliphatic heterocycles. The number of amides is 2. The number of imide groups is 1. The number of hydrogen-bond acceptors (Lipinski definition) is 6. The lowest BCUT2D eigenvalue weighted by Crippen LogP contribution is -2.47. The molecule has 0 spiro atoms. The normalized spacial score (nSPS) is 25.4. The SMILES string of the molecule is O=C1CCC(Nc2ccc(C3CCN(Cc4csc5c4CCNC5)CC3(F)F)cc2)C(=O)N1. The predicted octanol–water partition coefficient (Wildman–Crippen LogP) is 3.24. The van der Waals surface area contributed by atoms with E-state index in [0.717, 1.165) is 19.5 Å². The molecule has 1 aromatic carbocycles. The molecule has 0 radical (unpaired) electrons. The van der Waals surface area contributed by atoms with Crippen molar-refractivity contribution in [2.45, 2.75) is 56.7 Å². The number of hydrogen-bond donors (Lipinski definition) is 3. The van der Waals surface area contributed by atoms with Crippen molar-refractivity contribution in [3.63, 3.8) is 0 Å². The molecule has 0 aliphatic carbocycles. The van der Waals surface area contributed by atoms with Gasteiger partial charge in [-0.25, -0.2) is 8.78 Å². The molecule has 1 aromatic heterocycles. The highest BCUT2D eigenvalue weighted by Crippen LogP contribution is 2.41. The highest BCUT2D eigenvalue weighted by Gasteiger charge is 2.45. The van der Waals surface area contributed by atoms with Crippen molar-refractivity contribution >= 4 is 28.8 Å². The molecular weight excluding hydrogens is 446 g/mol. The van der Waals surface area contributed by atoms with Crippen LogP contribution in [0.3, 0.4) is 0 Å². The van der Waals surface area contributed by atoms with Crippen molar-refractivity contribution in [2.75, 3.05) is 25.0 Å². The highest BCUT2D eigenvalue weighted by molar-refractivity contribution is 7.10. The third-order valence-electron chi connectivity index (χ3n) is 6.87. The molecule has 3 aliphatic rings. The maximum Gasteiger partial charge on any atom is 0.267 e. The molecule has 2 aromatic rings. The first-order valence-corrected chi connectivity index (χ1v) is 12.4. The number of halogens is 2. The molecule has 2 amide bonds. The van der Waals surface area contributed by atoms with Crippen LogP contribution in [-0.2, 0) is 29.1 Å². The van der Waals surface area contributed by atoms with Crippen molar-refractivity contribution in [1.82, 2.24) is 15.5 Å². The molecule has 6 nitrogen and oxygen atoms in total. The molecule has 33 heavy (non-hydrogen) atoms. The van der Waals surface area contributed by atoms with Gasteiger partial charge >= 0.3 is 0 Å². The van der Waals surface area contributed by atoms with Crippen molar-refractivity contribution < 1.29 is 18.4 Å². The number of nitrogens with one attached hydrogen (secondary N) is 3. The number of thiophene rings is 1. The second kappa shape index (κ2) is 9.12. The second-order valence-electron chi connectivity index (χ2n) is 9.17. The lowest BCUT2D eigenvalue weighted by Gasteiger charge is -2.38. The van der Waals surface area contributed by atoms with Crippen LogP contribution in [0.5, 0.6) is 0 Å². The number of carbonyl (C=O) groups is 2. The molecular formula is C24H28F2N4O2S. The number of alkyl halides is 2. The van der Waals surface area contributed by atoms with Gasteiger partial charge in [-0.05, 0) is 66.6 Å². The summed E-state index contributed by atoms with van der Waals surface area (Å²) >= 11 is 1.73. The largest absolute Gasteiger partial charge is 0.374 e. The van der Waals surface area contributed by atoms with Gasteiger partial charge in [0.15, 0.2) is 0 Å². The molecule has 176 valence electrons. The number of rotatable bonds is 5. The lowest BCUT2D eigenvalue weighted by atomic mass is 9.86. The quantitative estimate of drug-likeness (QED) is 0.581. The smallest absolute Gasteiger partial charge is 0.267 e. The van der Waals surface area contributed by atoms with Crippen LogP contribution in [-0.4, -0.2) is 48.3 Å². The van der Waals surface area contributed by atoms with E-state index in [9.17, 15) is 9.59 Å². The fraction of sp³-hybridized carbons (Fsp3) is 0.500. The third-order valence-corrected chi connectivity index (χ3v) is 7.95. The molecule has 2 atom stereocenters. The fourth-order valence-electron chi connectivity index (χ4n) is 5.10. The summed E-state index contributed by atoms with van der Waals surface area (Å²) in [6.45, 7) is 2.81. The summed E-state index contributed by atoms with van der Waals surface area (Å²) in [5, 5.41) is 10.9. The zero-order valence-electron chi connectivity index (χ0n) is 18.3. The average molecular weight is 475 g/mol. The van der Waals surface area contributed by atoms with Crippen molar-refractivity contribution in [1.29, 1.82) is 0 Å².